The third-order valence-corrected chi connectivity index (χ3v) is 3.33. The van der Waals surface area contributed by atoms with Gasteiger partial charge in [0, 0.05) is 12.1 Å². The van der Waals surface area contributed by atoms with Crippen molar-refractivity contribution in [3.05, 3.63) is 23.8 Å². The Morgan fingerprint density at radius 2 is 2.33 bits per heavy atom. The number of fused-ring (bicyclic) bond motifs is 1. The standard InChI is InChI=1S/C13H16N2O2.ClH/c16-13(11-2-1-6-14-11)15-10-3-4-12-9(8-10)5-7-17-12;/h3-4,8,11,14H,1-2,5-7H2,(H,15,16);1H. The summed E-state index contributed by atoms with van der Waals surface area (Å²) in [5.41, 5.74) is 2.05. The van der Waals surface area contributed by atoms with E-state index in [9.17, 15) is 4.79 Å². The Labute approximate surface area is 113 Å². The lowest BCUT2D eigenvalue weighted by molar-refractivity contribution is -0.117. The molecule has 0 aromatic heterocycles. The normalized spacial score (nSPS) is 20.8. The van der Waals surface area contributed by atoms with Crippen LogP contribution < -0.4 is 15.4 Å². The fourth-order valence-corrected chi connectivity index (χ4v) is 2.40. The summed E-state index contributed by atoms with van der Waals surface area (Å²) in [5, 5.41) is 6.15. The van der Waals surface area contributed by atoms with E-state index in [1.165, 1.54) is 5.56 Å². The van der Waals surface area contributed by atoms with Crippen molar-refractivity contribution in [1.29, 1.82) is 0 Å². The van der Waals surface area contributed by atoms with Crippen LogP contribution in [-0.2, 0) is 11.2 Å². The Balaban J connectivity index is 0.00000120. The predicted molar refractivity (Wildman–Crippen MR) is 72.5 cm³/mol. The van der Waals surface area contributed by atoms with E-state index in [2.05, 4.69) is 10.6 Å². The molecule has 1 aromatic rings. The van der Waals surface area contributed by atoms with Crippen LogP contribution in [-0.4, -0.2) is 25.1 Å². The topological polar surface area (TPSA) is 50.4 Å². The number of nitrogens with one attached hydrogen (secondary N) is 2. The van der Waals surface area contributed by atoms with Gasteiger partial charge in [-0.05, 0) is 43.1 Å². The van der Waals surface area contributed by atoms with E-state index in [1.54, 1.807) is 0 Å². The number of carbonyl (C=O) groups is 1. The van der Waals surface area contributed by atoms with Crippen LogP contribution in [0.2, 0.25) is 0 Å². The van der Waals surface area contributed by atoms with Gasteiger partial charge in [-0.1, -0.05) is 0 Å². The lowest BCUT2D eigenvalue weighted by Gasteiger charge is -2.11. The van der Waals surface area contributed by atoms with Crippen LogP contribution >= 0.6 is 12.4 Å². The monoisotopic (exact) mass is 268 g/mol. The Kier molecular flexibility index (Phi) is 4.09. The maximum absolute atomic E-state index is 11.9. The van der Waals surface area contributed by atoms with Crippen molar-refractivity contribution in [2.24, 2.45) is 0 Å². The maximum atomic E-state index is 11.9. The molecular formula is C13H17ClN2O2. The number of rotatable bonds is 2. The summed E-state index contributed by atoms with van der Waals surface area (Å²) in [6.45, 7) is 1.69. The minimum absolute atomic E-state index is 0. The fraction of sp³-hybridized carbons (Fsp3) is 0.462. The number of carbonyl (C=O) groups excluding carboxylic acids is 1. The van der Waals surface area contributed by atoms with Gasteiger partial charge in [-0.15, -0.1) is 12.4 Å². The summed E-state index contributed by atoms with van der Waals surface area (Å²) < 4.78 is 5.43. The van der Waals surface area contributed by atoms with Gasteiger partial charge >= 0.3 is 0 Å². The van der Waals surface area contributed by atoms with Gasteiger partial charge in [0.1, 0.15) is 5.75 Å². The third kappa shape index (κ3) is 2.60. The van der Waals surface area contributed by atoms with Gasteiger partial charge in [-0.25, -0.2) is 0 Å². The molecule has 98 valence electrons. The van der Waals surface area contributed by atoms with E-state index < -0.39 is 0 Å². The minimum Gasteiger partial charge on any atom is -0.493 e. The molecule has 2 N–H and O–H groups in total. The van der Waals surface area contributed by atoms with Gasteiger partial charge < -0.3 is 15.4 Å². The third-order valence-electron chi connectivity index (χ3n) is 3.33. The van der Waals surface area contributed by atoms with Crippen molar-refractivity contribution in [2.75, 3.05) is 18.5 Å². The SMILES string of the molecule is Cl.O=C(Nc1ccc2c(c1)CCO2)C1CCCN1. The average Bonchev–Trinajstić information content (AvgIpc) is 2.99. The van der Waals surface area contributed by atoms with Gasteiger partial charge in [0.25, 0.3) is 0 Å². The number of halogens is 1. The quantitative estimate of drug-likeness (QED) is 0.859. The summed E-state index contributed by atoms with van der Waals surface area (Å²) in [5.74, 6) is 1.02. The van der Waals surface area contributed by atoms with Crippen LogP contribution in [0.1, 0.15) is 18.4 Å². The van der Waals surface area contributed by atoms with Crippen molar-refractivity contribution in [3.63, 3.8) is 0 Å². The lowest BCUT2D eigenvalue weighted by Crippen LogP contribution is -2.35. The molecule has 0 spiro atoms. The van der Waals surface area contributed by atoms with Crippen LogP contribution in [0.15, 0.2) is 18.2 Å². The van der Waals surface area contributed by atoms with E-state index >= 15 is 0 Å². The summed E-state index contributed by atoms with van der Waals surface area (Å²) in [6, 6.07) is 5.81. The lowest BCUT2D eigenvalue weighted by atomic mass is 10.1. The molecule has 0 bridgehead atoms. The second-order valence-corrected chi connectivity index (χ2v) is 4.56. The molecule has 1 saturated heterocycles. The molecule has 18 heavy (non-hydrogen) atoms. The minimum atomic E-state index is -0.0282. The number of hydrogen-bond acceptors (Lipinski definition) is 3. The predicted octanol–water partition coefficient (Wildman–Crippen LogP) is 1.73. The zero-order valence-corrected chi connectivity index (χ0v) is 10.9. The molecule has 2 aliphatic heterocycles. The molecule has 1 aromatic carbocycles. The zero-order chi connectivity index (χ0) is 11.7. The number of benzene rings is 1. The van der Waals surface area contributed by atoms with Crippen molar-refractivity contribution in [2.45, 2.75) is 25.3 Å². The molecule has 5 heteroatoms. The highest BCUT2D eigenvalue weighted by atomic mass is 35.5. The van der Waals surface area contributed by atoms with Crippen LogP contribution in [0.25, 0.3) is 0 Å². The number of amides is 1. The first-order valence-electron chi connectivity index (χ1n) is 6.13. The molecule has 4 nitrogen and oxygen atoms in total. The molecule has 1 unspecified atom stereocenters. The Hall–Kier alpha value is -1.26. The maximum Gasteiger partial charge on any atom is 0.241 e. The Morgan fingerprint density at radius 3 is 3.11 bits per heavy atom. The molecule has 3 rings (SSSR count). The molecule has 0 saturated carbocycles. The fourth-order valence-electron chi connectivity index (χ4n) is 2.40. The zero-order valence-electron chi connectivity index (χ0n) is 10.1. The van der Waals surface area contributed by atoms with Crippen LogP contribution in [0.5, 0.6) is 5.75 Å². The van der Waals surface area contributed by atoms with Crippen LogP contribution in [0, 0.1) is 0 Å². The summed E-state index contributed by atoms with van der Waals surface area (Å²) in [7, 11) is 0. The molecule has 1 amide bonds. The van der Waals surface area contributed by atoms with Gasteiger partial charge in [0.15, 0.2) is 0 Å². The number of ether oxygens (including phenoxy) is 1. The van der Waals surface area contributed by atoms with E-state index in [1.807, 2.05) is 18.2 Å². The van der Waals surface area contributed by atoms with E-state index in [4.69, 9.17) is 4.74 Å². The first-order valence-corrected chi connectivity index (χ1v) is 6.13. The van der Waals surface area contributed by atoms with Crippen molar-refractivity contribution < 1.29 is 9.53 Å². The Bertz CT molecular complexity index is 445. The summed E-state index contributed by atoms with van der Waals surface area (Å²) in [4.78, 5) is 11.9. The van der Waals surface area contributed by atoms with Crippen molar-refractivity contribution in [1.82, 2.24) is 5.32 Å². The van der Waals surface area contributed by atoms with Gasteiger partial charge in [0.2, 0.25) is 5.91 Å². The number of anilines is 1. The second kappa shape index (κ2) is 5.59. The van der Waals surface area contributed by atoms with Gasteiger partial charge in [0.05, 0.1) is 12.6 Å². The largest absolute Gasteiger partial charge is 0.493 e. The average molecular weight is 269 g/mol. The molecule has 2 aliphatic rings. The van der Waals surface area contributed by atoms with E-state index in [-0.39, 0.29) is 24.4 Å². The molecular weight excluding hydrogens is 252 g/mol. The first-order chi connectivity index (χ1) is 8.33. The molecule has 2 heterocycles. The highest BCUT2D eigenvalue weighted by Gasteiger charge is 2.22. The van der Waals surface area contributed by atoms with Gasteiger partial charge in [-0.3, -0.25) is 4.79 Å². The summed E-state index contributed by atoms with van der Waals surface area (Å²) >= 11 is 0. The molecule has 1 fully saturated rings. The van der Waals surface area contributed by atoms with E-state index in [0.717, 1.165) is 43.9 Å². The highest BCUT2D eigenvalue weighted by molar-refractivity contribution is 5.95. The van der Waals surface area contributed by atoms with Crippen molar-refractivity contribution in [3.8, 4) is 5.75 Å². The first kappa shape index (κ1) is 13.2. The van der Waals surface area contributed by atoms with Gasteiger partial charge in [-0.2, -0.15) is 0 Å². The Morgan fingerprint density at radius 1 is 1.44 bits per heavy atom. The van der Waals surface area contributed by atoms with Crippen LogP contribution in [0.4, 0.5) is 5.69 Å². The van der Waals surface area contributed by atoms with E-state index in [0.29, 0.717) is 0 Å². The molecule has 0 radical (unpaired) electrons. The van der Waals surface area contributed by atoms with Crippen molar-refractivity contribution >= 4 is 24.0 Å². The highest BCUT2D eigenvalue weighted by Crippen LogP contribution is 2.27. The smallest absolute Gasteiger partial charge is 0.241 e. The number of hydrogen-bond donors (Lipinski definition) is 2. The molecule has 0 aliphatic carbocycles. The van der Waals surface area contributed by atoms with Crippen LogP contribution in [0.3, 0.4) is 0 Å². The molecule has 1 atom stereocenters. The second-order valence-electron chi connectivity index (χ2n) is 4.56. The summed E-state index contributed by atoms with van der Waals surface area (Å²) in [6.07, 6.45) is 2.94.